The van der Waals surface area contributed by atoms with Gasteiger partial charge >= 0.3 is 5.97 Å². The summed E-state index contributed by atoms with van der Waals surface area (Å²) in [5, 5.41) is 9.01. The molecule has 1 aromatic rings. The highest BCUT2D eigenvalue weighted by Crippen LogP contribution is 2.26. The third-order valence-electron chi connectivity index (χ3n) is 3.78. The predicted octanol–water partition coefficient (Wildman–Crippen LogP) is 3.24. The summed E-state index contributed by atoms with van der Waals surface area (Å²) in [6.07, 6.45) is 11.0. The van der Waals surface area contributed by atoms with Crippen molar-refractivity contribution in [1.82, 2.24) is 4.57 Å². The Bertz CT molecular complexity index is 387. The van der Waals surface area contributed by atoms with Gasteiger partial charge in [-0.05, 0) is 24.0 Å². The number of aromatic carboxylic acids is 1. The first-order chi connectivity index (χ1) is 8.16. The average Bonchev–Trinajstić information content (AvgIpc) is 2.50. The molecule has 1 heterocycles. The Morgan fingerprint density at radius 3 is 2.53 bits per heavy atom. The molecule has 0 saturated heterocycles. The van der Waals surface area contributed by atoms with Gasteiger partial charge in [0.15, 0.2) is 0 Å². The van der Waals surface area contributed by atoms with Crippen LogP contribution in [0.3, 0.4) is 0 Å². The Hall–Kier alpha value is -1.25. The summed E-state index contributed by atoms with van der Waals surface area (Å²) in [6, 6.07) is 1.83. The molecular formula is C14H21NO2. The van der Waals surface area contributed by atoms with E-state index >= 15 is 0 Å². The van der Waals surface area contributed by atoms with E-state index in [4.69, 9.17) is 5.11 Å². The average molecular weight is 235 g/mol. The normalized spacial score (nSPS) is 17.9. The summed E-state index contributed by atoms with van der Waals surface area (Å²) < 4.78 is 1.72. The van der Waals surface area contributed by atoms with Crippen LogP contribution in [0.25, 0.3) is 0 Å². The van der Waals surface area contributed by atoms with Crippen LogP contribution in [0.2, 0.25) is 0 Å². The zero-order chi connectivity index (χ0) is 12.3. The van der Waals surface area contributed by atoms with Gasteiger partial charge in [-0.25, -0.2) is 4.79 Å². The Kier molecular flexibility index (Phi) is 3.87. The molecule has 0 bridgehead atoms. The second-order valence-electron chi connectivity index (χ2n) is 5.21. The molecule has 0 aromatic carbocycles. The van der Waals surface area contributed by atoms with Gasteiger partial charge < -0.3 is 9.67 Å². The van der Waals surface area contributed by atoms with Gasteiger partial charge in [-0.15, -0.1) is 0 Å². The molecule has 1 N–H and O–H groups in total. The minimum atomic E-state index is -0.834. The first-order valence-electron chi connectivity index (χ1n) is 6.55. The fraction of sp³-hybridized carbons (Fsp3) is 0.643. The van der Waals surface area contributed by atoms with Crippen LogP contribution in [0.1, 0.15) is 54.6 Å². The van der Waals surface area contributed by atoms with Crippen molar-refractivity contribution in [1.29, 1.82) is 0 Å². The summed E-state index contributed by atoms with van der Waals surface area (Å²) in [7, 11) is 1.81. The van der Waals surface area contributed by atoms with Gasteiger partial charge in [-0.1, -0.05) is 38.5 Å². The van der Waals surface area contributed by atoms with Crippen molar-refractivity contribution in [2.75, 3.05) is 0 Å². The highest BCUT2D eigenvalue weighted by Gasteiger charge is 2.16. The smallest absolute Gasteiger partial charge is 0.352 e. The van der Waals surface area contributed by atoms with E-state index in [0.29, 0.717) is 5.69 Å². The van der Waals surface area contributed by atoms with Gasteiger partial charge in [0.25, 0.3) is 0 Å². The van der Waals surface area contributed by atoms with Gasteiger partial charge in [0.05, 0.1) is 0 Å². The van der Waals surface area contributed by atoms with Crippen molar-refractivity contribution < 1.29 is 9.90 Å². The summed E-state index contributed by atoms with van der Waals surface area (Å²) in [5.74, 6) is -0.0823. The molecule has 0 amide bonds. The number of carboxylic acid groups (broad SMARTS) is 1. The Balaban J connectivity index is 2.02. The molecular weight excluding hydrogens is 214 g/mol. The maximum atomic E-state index is 11.0. The van der Waals surface area contributed by atoms with Crippen LogP contribution in [0.4, 0.5) is 0 Å². The molecule has 3 heteroatoms. The van der Waals surface area contributed by atoms with E-state index in [1.165, 1.54) is 44.1 Å². The monoisotopic (exact) mass is 235 g/mol. The van der Waals surface area contributed by atoms with E-state index in [9.17, 15) is 4.79 Å². The number of hydrogen-bond donors (Lipinski definition) is 1. The fourth-order valence-electron chi connectivity index (χ4n) is 2.86. The summed E-state index contributed by atoms with van der Waals surface area (Å²) in [4.78, 5) is 11.0. The van der Waals surface area contributed by atoms with Crippen molar-refractivity contribution in [3.8, 4) is 0 Å². The fourth-order valence-corrected chi connectivity index (χ4v) is 2.86. The molecule has 0 unspecified atom stereocenters. The number of aryl methyl sites for hydroxylation is 1. The van der Waals surface area contributed by atoms with Gasteiger partial charge in [0.1, 0.15) is 5.69 Å². The lowest BCUT2D eigenvalue weighted by Crippen LogP contribution is -2.02. The van der Waals surface area contributed by atoms with E-state index in [2.05, 4.69) is 0 Å². The highest BCUT2D eigenvalue weighted by atomic mass is 16.4. The number of hydrogen-bond acceptors (Lipinski definition) is 1. The Morgan fingerprint density at radius 1 is 1.35 bits per heavy atom. The molecule has 0 aliphatic heterocycles. The van der Waals surface area contributed by atoms with E-state index in [1.807, 2.05) is 12.3 Å². The van der Waals surface area contributed by atoms with Gasteiger partial charge in [-0.3, -0.25) is 0 Å². The Labute approximate surface area is 102 Å². The van der Waals surface area contributed by atoms with E-state index in [-0.39, 0.29) is 0 Å². The van der Waals surface area contributed by atoms with Crippen molar-refractivity contribution in [3.05, 3.63) is 23.5 Å². The molecule has 1 aliphatic carbocycles. The SMILES string of the molecule is Cn1cc(CC2CCCCCC2)cc1C(=O)O. The molecule has 0 atom stereocenters. The van der Waals surface area contributed by atoms with Crippen molar-refractivity contribution in [2.24, 2.45) is 13.0 Å². The molecule has 3 nitrogen and oxygen atoms in total. The second-order valence-corrected chi connectivity index (χ2v) is 5.21. The molecule has 0 radical (unpaired) electrons. The standard InChI is InChI=1S/C14H21NO2/c1-15-10-12(9-13(15)14(16)17)8-11-6-4-2-3-5-7-11/h9-11H,2-8H2,1H3,(H,16,17). The molecule has 1 saturated carbocycles. The van der Waals surface area contributed by atoms with Crippen molar-refractivity contribution in [3.63, 3.8) is 0 Å². The maximum Gasteiger partial charge on any atom is 0.352 e. The second kappa shape index (κ2) is 5.39. The quantitative estimate of drug-likeness (QED) is 0.817. The first-order valence-corrected chi connectivity index (χ1v) is 6.55. The van der Waals surface area contributed by atoms with Gasteiger partial charge in [0, 0.05) is 13.2 Å². The van der Waals surface area contributed by atoms with Crippen LogP contribution in [0.15, 0.2) is 12.3 Å². The van der Waals surface area contributed by atoms with Gasteiger partial charge in [0.2, 0.25) is 0 Å². The molecule has 0 spiro atoms. The minimum Gasteiger partial charge on any atom is -0.477 e. The highest BCUT2D eigenvalue weighted by molar-refractivity contribution is 5.86. The molecule has 1 fully saturated rings. The van der Waals surface area contributed by atoms with Crippen LogP contribution in [0.5, 0.6) is 0 Å². The summed E-state index contributed by atoms with van der Waals surface area (Å²) in [5.41, 5.74) is 1.57. The minimum absolute atomic E-state index is 0.397. The van der Waals surface area contributed by atoms with Crippen molar-refractivity contribution in [2.45, 2.75) is 44.9 Å². The first kappa shape index (κ1) is 12.2. The molecule has 1 aliphatic rings. The number of nitrogens with zero attached hydrogens (tertiary/aromatic N) is 1. The van der Waals surface area contributed by atoms with Crippen LogP contribution in [0, 0.1) is 5.92 Å². The van der Waals surface area contributed by atoms with Crippen LogP contribution < -0.4 is 0 Å². The largest absolute Gasteiger partial charge is 0.477 e. The number of rotatable bonds is 3. The van der Waals surface area contributed by atoms with E-state index < -0.39 is 5.97 Å². The summed E-state index contributed by atoms with van der Waals surface area (Å²) in [6.45, 7) is 0. The molecule has 17 heavy (non-hydrogen) atoms. The van der Waals surface area contributed by atoms with Crippen LogP contribution in [-0.4, -0.2) is 15.6 Å². The third kappa shape index (κ3) is 3.11. The molecule has 2 rings (SSSR count). The molecule has 94 valence electrons. The van der Waals surface area contributed by atoms with E-state index in [0.717, 1.165) is 12.3 Å². The van der Waals surface area contributed by atoms with E-state index in [1.54, 1.807) is 11.6 Å². The number of carboxylic acids is 1. The lowest BCUT2D eigenvalue weighted by Gasteiger charge is -2.12. The van der Waals surface area contributed by atoms with Gasteiger partial charge in [-0.2, -0.15) is 0 Å². The van der Waals surface area contributed by atoms with Crippen molar-refractivity contribution >= 4 is 5.97 Å². The molecule has 1 aromatic heterocycles. The lowest BCUT2D eigenvalue weighted by molar-refractivity contribution is 0.0686. The zero-order valence-electron chi connectivity index (χ0n) is 10.5. The predicted molar refractivity (Wildman–Crippen MR) is 67.3 cm³/mol. The topological polar surface area (TPSA) is 42.2 Å². The zero-order valence-corrected chi connectivity index (χ0v) is 10.5. The summed E-state index contributed by atoms with van der Waals surface area (Å²) >= 11 is 0. The lowest BCUT2D eigenvalue weighted by atomic mass is 9.94. The number of aromatic nitrogens is 1. The third-order valence-corrected chi connectivity index (χ3v) is 3.78. The number of carbonyl (C=O) groups is 1. The van der Waals surface area contributed by atoms with Crippen LogP contribution >= 0.6 is 0 Å². The Morgan fingerprint density at radius 2 is 2.00 bits per heavy atom. The maximum absolute atomic E-state index is 11.0. The van der Waals surface area contributed by atoms with Crippen LogP contribution in [-0.2, 0) is 13.5 Å².